The van der Waals surface area contributed by atoms with Gasteiger partial charge in [-0.25, -0.2) is 4.98 Å². The number of ether oxygens (including phenoxy) is 2. The number of nitrogens with zero attached hydrogens (tertiary/aromatic N) is 1. The number of rotatable bonds is 3. The fraction of sp³-hybridized carbons (Fsp3) is 0.357. The fourth-order valence-electron chi connectivity index (χ4n) is 2.17. The first-order valence-electron chi connectivity index (χ1n) is 6.46. The van der Waals surface area contributed by atoms with Crippen molar-refractivity contribution in [3.63, 3.8) is 0 Å². The SMILES string of the molecule is Bc1ccc2nc(OC(C)C)cc(C(F)(F)F)c2c1OC. The van der Waals surface area contributed by atoms with Crippen LogP contribution in [0.5, 0.6) is 11.6 Å². The van der Waals surface area contributed by atoms with E-state index in [-0.39, 0.29) is 28.6 Å². The Balaban J connectivity index is 2.81. The smallest absolute Gasteiger partial charge is 0.417 e. The Bertz CT molecular complexity index is 671. The maximum atomic E-state index is 13.3. The van der Waals surface area contributed by atoms with Gasteiger partial charge < -0.3 is 9.47 Å². The van der Waals surface area contributed by atoms with Gasteiger partial charge >= 0.3 is 6.18 Å². The molecule has 0 fully saturated rings. The second-order valence-electron chi connectivity index (χ2n) is 4.98. The molecule has 112 valence electrons. The van der Waals surface area contributed by atoms with Crippen LogP contribution in [-0.4, -0.2) is 26.0 Å². The second kappa shape index (κ2) is 5.46. The molecule has 0 saturated carbocycles. The van der Waals surface area contributed by atoms with Crippen LogP contribution < -0.4 is 14.9 Å². The molecule has 7 heteroatoms. The summed E-state index contributed by atoms with van der Waals surface area (Å²) >= 11 is 0. The zero-order valence-electron chi connectivity index (χ0n) is 12.2. The van der Waals surface area contributed by atoms with Gasteiger partial charge in [-0.2, -0.15) is 13.2 Å². The Morgan fingerprint density at radius 1 is 1.24 bits per heavy atom. The number of hydrogen-bond donors (Lipinski definition) is 0. The van der Waals surface area contributed by atoms with Crippen LogP contribution in [0.3, 0.4) is 0 Å². The number of alkyl halides is 3. The van der Waals surface area contributed by atoms with Crippen LogP contribution >= 0.6 is 0 Å². The lowest BCUT2D eigenvalue weighted by molar-refractivity contribution is -0.136. The van der Waals surface area contributed by atoms with Crippen molar-refractivity contribution < 1.29 is 22.6 Å². The molecule has 0 aliphatic rings. The highest BCUT2D eigenvalue weighted by Gasteiger charge is 2.35. The minimum absolute atomic E-state index is 0.0406. The van der Waals surface area contributed by atoms with E-state index in [4.69, 9.17) is 9.47 Å². The highest BCUT2D eigenvalue weighted by atomic mass is 19.4. The third-order valence-electron chi connectivity index (χ3n) is 2.97. The van der Waals surface area contributed by atoms with Crippen LogP contribution in [0.4, 0.5) is 13.2 Å². The first-order chi connectivity index (χ1) is 9.74. The van der Waals surface area contributed by atoms with Crippen molar-refractivity contribution in [3.8, 4) is 11.6 Å². The Hall–Kier alpha value is -1.92. The van der Waals surface area contributed by atoms with Crippen LogP contribution in [0.2, 0.25) is 0 Å². The topological polar surface area (TPSA) is 31.4 Å². The van der Waals surface area contributed by atoms with E-state index in [1.54, 1.807) is 27.8 Å². The molecule has 0 radical (unpaired) electrons. The predicted octanol–water partition coefficient (Wildman–Crippen LogP) is 2.31. The summed E-state index contributed by atoms with van der Waals surface area (Å²) in [5.41, 5.74) is 0.0152. The number of methoxy groups -OCH3 is 1. The Morgan fingerprint density at radius 3 is 2.43 bits per heavy atom. The number of hydrogen-bond acceptors (Lipinski definition) is 3. The lowest BCUT2D eigenvalue weighted by atomic mass is 9.91. The molecule has 21 heavy (non-hydrogen) atoms. The first kappa shape index (κ1) is 15.5. The van der Waals surface area contributed by atoms with Crippen molar-refractivity contribution >= 4 is 24.2 Å². The van der Waals surface area contributed by atoms with E-state index in [0.29, 0.717) is 5.46 Å². The van der Waals surface area contributed by atoms with E-state index in [1.807, 2.05) is 0 Å². The number of fused-ring (bicyclic) bond motifs is 1. The molecule has 0 bridgehead atoms. The third-order valence-corrected chi connectivity index (χ3v) is 2.97. The number of aromatic nitrogens is 1. The van der Waals surface area contributed by atoms with E-state index in [1.165, 1.54) is 13.2 Å². The van der Waals surface area contributed by atoms with Gasteiger partial charge in [0, 0.05) is 6.07 Å². The standard InChI is InChI=1S/C14H15BF3NO2/c1-7(2)21-11-6-8(14(16,17)18)12-10(19-11)5-4-9(15)13(12)20-3/h4-7H,15H2,1-3H3. The van der Waals surface area contributed by atoms with Gasteiger partial charge in [0.2, 0.25) is 5.88 Å². The lowest BCUT2D eigenvalue weighted by Crippen LogP contribution is -2.14. The summed E-state index contributed by atoms with van der Waals surface area (Å²) in [7, 11) is 3.04. The largest absolute Gasteiger partial charge is 0.497 e. The van der Waals surface area contributed by atoms with Crippen molar-refractivity contribution in [2.45, 2.75) is 26.1 Å². The minimum Gasteiger partial charge on any atom is -0.497 e. The predicted molar refractivity (Wildman–Crippen MR) is 77.2 cm³/mol. The van der Waals surface area contributed by atoms with Gasteiger partial charge in [0.15, 0.2) is 0 Å². The Labute approximate surface area is 121 Å². The van der Waals surface area contributed by atoms with Gasteiger partial charge in [0.25, 0.3) is 0 Å². The first-order valence-corrected chi connectivity index (χ1v) is 6.46. The van der Waals surface area contributed by atoms with Gasteiger partial charge in [0.05, 0.1) is 29.7 Å². The summed E-state index contributed by atoms with van der Waals surface area (Å²) in [5, 5.41) is -0.0406. The highest BCUT2D eigenvalue weighted by Crippen LogP contribution is 2.39. The number of benzene rings is 1. The molecule has 0 N–H and O–H groups in total. The third kappa shape index (κ3) is 3.06. The fourth-order valence-corrected chi connectivity index (χ4v) is 2.17. The summed E-state index contributed by atoms with van der Waals surface area (Å²) < 4.78 is 50.5. The maximum Gasteiger partial charge on any atom is 0.417 e. The molecular formula is C14H15BF3NO2. The molecule has 2 rings (SSSR count). The highest BCUT2D eigenvalue weighted by molar-refractivity contribution is 6.35. The summed E-state index contributed by atoms with van der Waals surface area (Å²) in [5.74, 6) is 0.138. The molecular weight excluding hydrogens is 282 g/mol. The Kier molecular flexibility index (Phi) is 4.03. The van der Waals surface area contributed by atoms with Gasteiger partial charge in [-0.05, 0) is 25.4 Å². The van der Waals surface area contributed by atoms with Crippen LogP contribution in [0.1, 0.15) is 19.4 Å². The number of pyridine rings is 1. The molecule has 1 aromatic carbocycles. The molecule has 0 amide bonds. The molecule has 3 nitrogen and oxygen atoms in total. The molecule has 1 aromatic heterocycles. The Morgan fingerprint density at radius 2 is 1.90 bits per heavy atom. The molecule has 0 unspecified atom stereocenters. The molecule has 0 spiro atoms. The van der Waals surface area contributed by atoms with Crippen molar-refractivity contribution in [1.29, 1.82) is 0 Å². The molecule has 0 saturated heterocycles. The maximum absolute atomic E-state index is 13.3. The van der Waals surface area contributed by atoms with Gasteiger partial charge in [0.1, 0.15) is 13.6 Å². The molecule has 2 aromatic rings. The van der Waals surface area contributed by atoms with Crippen molar-refractivity contribution in [3.05, 3.63) is 23.8 Å². The van der Waals surface area contributed by atoms with E-state index in [2.05, 4.69) is 4.98 Å². The van der Waals surface area contributed by atoms with E-state index in [9.17, 15) is 13.2 Å². The molecule has 0 atom stereocenters. The van der Waals surface area contributed by atoms with Gasteiger partial charge in [-0.15, -0.1) is 0 Å². The van der Waals surface area contributed by atoms with Crippen molar-refractivity contribution in [2.75, 3.05) is 7.11 Å². The zero-order chi connectivity index (χ0) is 15.8. The summed E-state index contributed by atoms with van der Waals surface area (Å²) in [6.45, 7) is 3.46. The van der Waals surface area contributed by atoms with Crippen LogP contribution in [0.25, 0.3) is 10.9 Å². The summed E-state index contributed by atoms with van der Waals surface area (Å²) in [6.07, 6.45) is -4.78. The average molecular weight is 297 g/mol. The van der Waals surface area contributed by atoms with E-state index in [0.717, 1.165) is 6.07 Å². The quantitative estimate of drug-likeness (QED) is 0.815. The van der Waals surface area contributed by atoms with Crippen LogP contribution in [0, 0.1) is 0 Å². The van der Waals surface area contributed by atoms with Crippen molar-refractivity contribution in [1.82, 2.24) is 4.98 Å². The van der Waals surface area contributed by atoms with Crippen LogP contribution in [-0.2, 0) is 6.18 Å². The summed E-state index contributed by atoms with van der Waals surface area (Å²) in [6, 6.07) is 4.13. The molecule has 0 aliphatic heterocycles. The summed E-state index contributed by atoms with van der Waals surface area (Å²) in [4.78, 5) is 4.14. The second-order valence-corrected chi connectivity index (χ2v) is 4.98. The van der Waals surface area contributed by atoms with E-state index < -0.39 is 11.7 Å². The molecule has 1 heterocycles. The van der Waals surface area contributed by atoms with Crippen molar-refractivity contribution in [2.24, 2.45) is 0 Å². The molecule has 0 aliphatic carbocycles. The zero-order valence-corrected chi connectivity index (χ0v) is 12.2. The lowest BCUT2D eigenvalue weighted by Gasteiger charge is -2.17. The monoisotopic (exact) mass is 297 g/mol. The minimum atomic E-state index is -4.52. The van der Waals surface area contributed by atoms with Crippen LogP contribution in [0.15, 0.2) is 18.2 Å². The van der Waals surface area contributed by atoms with E-state index >= 15 is 0 Å². The van der Waals surface area contributed by atoms with Gasteiger partial charge in [-0.3, -0.25) is 0 Å². The average Bonchev–Trinajstić information content (AvgIpc) is 2.36. The van der Waals surface area contributed by atoms with Gasteiger partial charge in [-0.1, -0.05) is 6.07 Å². The normalized spacial score (nSPS) is 12.0. The number of halogens is 3.